The lowest BCUT2D eigenvalue weighted by Crippen LogP contribution is -1.97. The Kier molecular flexibility index (Phi) is 5.42. The number of para-hydroxylation sites is 2. The molecule has 0 unspecified atom stereocenters. The van der Waals surface area contributed by atoms with Crippen LogP contribution in [0.1, 0.15) is 22.5 Å². The van der Waals surface area contributed by atoms with Crippen LogP contribution in [0.15, 0.2) is 84.9 Å². The number of benzene rings is 3. The Morgan fingerprint density at radius 2 is 0.906 bits per heavy atom. The van der Waals surface area contributed by atoms with Crippen LogP contribution in [0.3, 0.4) is 0 Å². The zero-order chi connectivity index (χ0) is 21.9. The first-order valence-electron chi connectivity index (χ1n) is 10.9. The van der Waals surface area contributed by atoms with Crippen molar-refractivity contribution in [2.24, 2.45) is 0 Å². The molecule has 0 saturated carbocycles. The Bertz CT molecular complexity index is 1290. The van der Waals surface area contributed by atoms with E-state index in [1.807, 2.05) is 48.5 Å². The van der Waals surface area contributed by atoms with E-state index in [4.69, 9.17) is 0 Å². The highest BCUT2D eigenvalue weighted by Crippen LogP contribution is 2.24. The Morgan fingerprint density at radius 3 is 1.34 bits per heavy atom. The van der Waals surface area contributed by atoms with Crippen molar-refractivity contribution in [2.45, 2.75) is 25.7 Å². The molecule has 0 bridgehead atoms. The molecular weight excluding hydrogens is 396 g/mol. The summed E-state index contributed by atoms with van der Waals surface area (Å²) in [6.07, 6.45) is 3.46. The van der Waals surface area contributed by atoms with Crippen LogP contribution in [0.4, 0.5) is 0 Å². The summed E-state index contributed by atoms with van der Waals surface area (Å²) in [5.41, 5.74) is 5.82. The van der Waals surface area contributed by atoms with Crippen molar-refractivity contribution in [3.63, 3.8) is 0 Å². The number of phenols is 2. The van der Waals surface area contributed by atoms with Crippen LogP contribution in [-0.4, -0.2) is 20.2 Å². The van der Waals surface area contributed by atoms with Crippen LogP contribution in [-0.2, 0) is 25.7 Å². The molecular formula is C28H24N2O2. The minimum Gasteiger partial charge on any atom is -0.506 e. The number of rotatable bonds is 6. The maximum Gasteiger partial charge on any atom is 0.141 e. The molecule has 158 valence electrons. The third-order valence-electron chi connectivity index (χ3n) is 5.88. The number of aromatic hydroxyl groups is 2. The smallest absolute Gasteiger partial charge is 0.141 e. The number of nitrogens with zero attached hydrogens (tertiary/aromatic N) is 2. The van der Waals surface area contributed by atoms with Gasteiger partial charge in [-0.3, -0.25) is 0 Å². The molecule has 3 aromatic carbocycles. The summed E-state index contributed by atoms with van der Waals surface area (Å²) in [4.78, 5) is 9.25. The van der Waals surface area contributed by atoms with E-state index in [2.05, 4.69) is 34.2 Å². The van der Waals surface area contributed by atoms with Crippen molar-refractivity contribution in [3.05, 3.63) is 107 Å². The van der Waals surface area contributed by atoms with Gasteiger partial charge in [0.2, 0.25) is 0 Å². The van der Waals surface area contributed by atoms with Gasteiger partial charge in [0.05, 0.1) is 0 Å². The van der Waals surface area contributed by atoms with Crippen LogP contribution in [0.2, 0.25) is 0 Å². The van der Waals surface area contributed by atoms with Gasteiger partial charge in [-0.25, -0.2) is 9.97 Å². The lowest BCUT2D eigenvalue weighted by Gasteiger charge is -2.07. The van der Waals surface area contributed by atoms with Gasteiger partial charge in [-0.15, -0.1) is 0 Å². The molecule has 0 radical (unpaired) electrons. The third kappa shape index (κ3) is 4.26. The molecule has 32 heavy (non-hydrogen) atoms. The summed E-state index contributed by atoms with van der Waals surface area (Å²) in [6.45, 7) is 0. The van der Waals surface area contributed by atoms with Gasteiger partial charge in [-0.1, -0.05) is 60.7 Å². The summed E-state index contributed by atoms with van der Waals surface area (Å²) >= 11 is 0. The Hall–Kier alpha value is -3.92. The van der Waals surface area contributed by atoms with Gasteiger partial charge in [-0.2, -0.15) is 0 Å². The Balaban J connectivity index is 1.21. The number of hydrogen-bond donors (Lipinski definition) is 2. The second kappa shape index (κ2) is 8.67. The van der Waals surface area contributed by atoms with E-state index < -0.39 is 0 Å². The number of aromatic nitrogens is 2. The van der Waals surface area contributed by atoms with Crippen molar-refractivity contribution < 1.29 is 10.2 Å². The summed E-state index contributed by atoms with van der Waals surface area (Å²) < 4.78 is 0. The summed E-state index contributed by atoms with van der Waals surface area (Å²) in [7, 11) is 0. The first-order valence-corrected chi connectivity index (χ1v) is 10.9. The molecule has 5 aromatic rings. The fourth-order valence-corrected chi connectivity index (χ4v) is 4.04. The van der Waals surface area contributed by atoms with Gasteiger partial charge >= 0.3 is 0 Å². The summed E-state index contributed by atoms with van der Waals surface area (Å²) in [5, 5.41) is 22.0. The minimum atomic E-state index is 0.227. The molecule has 0 aliphatic carbocycles. The summed E-state index contributed by atoms with van der Waals surface area (Å²) in [6, 6.07) is 27.7. The van der Waals surface area contributed by atoms with Crippen molar-refractivity contribution >= 4 is 21.8 Å². The molecule has 0 saturated heterocycles. The molecule has 0 fully saturated rings. The lowest BCUT2D eigenvalue weighted by molar-refractivity contribution is 0.479. The third-order valence-corrected chi connectivity index (χ3v) is 5.88. The zero-order valence-corrected chi connectivity index (χ0v) is 17.7. The zero-order valence-electron chi connectivity index (χ0n) is 17.7. The minimum absolute atomic E-state index is 0.227. The highest BCUT2D eigenvalue weighted by atomic mass is 16.3. The molecule has 5 rings (SSSR count). The van der Waals surface area contributed by atoms with Crippen LogP contribution >= 0.6 is 0 Å². The van der Waals surface area contributed by atoms with Gasteiger partial charge in [0.15, 0.2) is 0 Å². The van der Waals surface area contributed by atoms with Crippen molar-refractivity contribution in [2.75, 3.05) is 0 Å². The van der Waals surface area contributed by atoms with Gasteiger partial charge in [0.1, 0.15) is 22.5 Å². The van der Waals surface area contributed by atoms with Crippen LogP contribution < -0.4 is 0 Å². The molecule has 0 aliphatic heterocycles. The quantitative estimate of drug-likeness (QED) is 0.366. The van der Waals surface area contributed by atoms with E-state index in [1.54, 1.807) is 12.1 Å². The van der Waals surface area contributed by atoms with Crippen LogP contribution in [0.25, 0.3) is 21.8 Å². The van der Waals surface area contributed by atoms with E-state index >= 15 is 0 Å². The van der Waals surface area contributed by atoms with Crippen LogP contribution in [0.5, 0.6) is 11.5 Å². The SMILES string of the molecule is Oc1cccc2ccc(CCc3ccc(CCc4ccc5cccc(O)c5n4)cc3)nc12. The van der Waals surface area contributed by atoms with Crippen molar-refractivity contribution in [1.82, 2.24) is 9.97 Å². The molecule has 0 amide bonds. The highest BCUT2D eigenvalue weighted by molar-refractivity contribution is 5.84. The van der Waals surface area contributed by atoms with E-state index in [1.165, 1.54) is 11.1 Å². The average molecular weight is 421 g/mol. The van der Waals surface area contributed by atoms with E-state index in [0.717, 1.165) is 47.8 Å². The predicted molar refractivity (Wildman–Crippen MR) is 128 cm³/mol. The maximum atomic E-state index is 10.0. The molecule has 2 aromatic heterocycles. The van der Waals surface area contributed by atoms with E-state index in [-0.39, 0.29) is 11.5 Å². The summed E-state index contributed by atoms with van der Waals surface area (Å²) in [5.74, 6) is 0.453. The Morgan fingerprint density at radius 1 is 0.469 bits per heavy atom. The monoisotopic (exact) mass is 420 g/mol. The topological polar surface area (TPSA) is 66.2 Å². The van der Waals surface area contributed by atoms with Gasteiger partial charge in [0.25, 0.3) is 0 Å². The largest absolute Gasteiger partial charge is 0.506 e. The van der Waals surface area contributed by atoms with Crippen LogP contribution in [0, 0.1) is 0 Å². The average Bonchev–Trinajstić information content (AvgIpc) is 2.83. The second-order valence-corrected chi connectivity index (χ2v) is 8.12. The molecule has 2 N–H and O–H groups in total. The number of phenolic OH excluding ortho intramolecular Hbond substituents is 2. The molecule has 0 atom stereocenters. The van der Waals surface area contributed by atoms with Gasteiger partial charge in [-0.05, 0) is 61.1 Å². The van der Waals surface area contributed by atoms with Crippen molar-refractivity contribution in [3.8, 4) is 11.5 Å². The normalized spacial score (nSPS) is 11.2. The molecule has 2 heterocycles. The van der Waals surface area contributed by atoms with Gasteiger partial charge < -0.3 is 10.2 Å². The maximum absolute atomic E-state index is 10.0. The van der Waals surface area contributed by atoms with Crippen molar-refractivity contribution in [1.29, 1.82) is 0 Å². The first kappa shape index (κ1) is 20.0. The number of aryl methyl sites for hydroxylation is 4. The lowest BCUT2D eigenvalue weighted by atomic mass is 10.0. The first-order chi connectivity index (χ1) is 15.7. The van der Waals surface area contributed by atoms with E-state index in [0.29, 0.717) is 11.0 Å². The van der Waals surface area contributed by atoms with Gasteiger partial charge in [0, 0.05) is 22.2 Å². The fourth-order valence-electron chi connectivity index (χ4n) is 4.04. The van der Waals surface area contributed by atoms with E-state index in [9.17, 15) is 10.2 Å². The molecule has 4 heteroatoms. The standard InChI is InChI=1S/C28H24N2O2/c31-25-5-1-3-21-13-17-23(29-27(21)25)15-11-19-7-9-20(10-8-19)12-16-24-18-14-22-4-2-6-26(32)28(22)30-24/h1-10,13-14,17-18,31-32H,11-12,15-16H2. The molecule has 0 aliphatic rings. The predicted octanol–water partition coefficient (Wildman–Crippen LogP) is 5.76. The highest BCUT2D eigenvalue weighted by Gasteiger charge is 2.05. The second-order valence-electron chi connectivity index (χ2n) is 8.12. The number of fused-ring (bicyclic) bond motifs is 2. The molecule has 4 nitrogen and oxygen atoms in total. The number of pyridine rings is 2. The Labute approximate surface area is 186 Å². The molecule has 0 spiro atoms. The fraction of sp³-hybridized carbons (Fsp3) is 0.143. The number of hydrogen-bond acceptors (Lipinski definition) is 4.